The van der Waals surface area contributed by atoms with Crippen molar-refractivity contribution in [3.63, 3.8) is 0 Å². The summed E-state index contributed by atoms with van der Waals surface area (Å²) in [5.41, 5.74) is 2.95. The minimum Gasteiger partial charge on any atom is -0.488 e. The summed E-state index contributed by atoms with van der Waals surface area (Å²) in [6.07, 6.45) is 0. The zero-order valence-corrected chi connectivity index (χ0v) is 25.6. The summed E-state index contributed by atoms with van der Waals surface area (Å²) in [7, 11) is -3.61. The van der Waals surface area contributed by atoms with Gasteiger partial charge in [-0.1, -0.05) is 71.0 Å². The molecule has 0 atom stereocenters. The third kappa shape index (κ3) is 6.76. The van der Waals surface area contributed by atoms with Gasteiger partial charge in [0.15, 0.2) is 0 Å². The first kappa shape index (κ1) is 29.4. The van der Waals surface area contributed by atoms with E-state index in [9.17, 15) is 8.42 Å². The quantitative estimate of drug-likeness (QED) is 0.228. The molecule has 0 N–H and O–H groups in total. The van der Waals surface area contributed by atoms with E-state index in [1.54, 1.807) is 36.4 Å². The van der Waals surface area contributed by atoms with Crippen LogP contribution in [-0.2, 0) is 20.7 Å². The Balaban J connectivity index is 1.45. The molecule has 0 spiro atoms. The van der Waals surface area contributed by atoms with Crippen LogP contribution in [0.15, 0.2) is 107 Å². The number of benzene rings is 4. The molecule has 210 valence electrons. The van der Waals surface area contributed by atoms with Gasteiger partial charge in [0.2, 0.25) is 9.84 Å². The highest BCUT2D eigenvalue weighted by atomic mass is 32.2. The maximum atomic E-state index is 13.1. The van der Waals surface area contributed by atoms with E-state index in [-0.39, 0.29) is 26.2 Å². The summed E-state index contributed by atoms with van der Waals surface area (Å²) < 4.78 is 38.3. The molecule has 0 aromatic heterocycles. The van der Waals surface area contributed by atoms with Gasteiger partial charge in [-0.25, -0.2) is 8.42 Å². The van der Waals surface area contributed by atoms with Crippen molar-refractivity contribution in [1.82, 2.24) is 0 Å². The van der Waals surface area contributed by atoms with E-state index in [4.69, 9.17) is 9.47 Å². The predicted molar refractivity (Wildman–Crippen MR) is 163 cm³/mol. The highest BCUT2D eigenvalue weighted by Crippen LogP contribution is 2.35. The van der Waals surface area contributed by atoms with Crippen molar-refractivity contribution in [3.05, 3.63) is 114 Å². The van der Waals surface area contributed by atoms with Gasteiger partial charge in [0.25, 0.3) is 0 Å². The number of ether oxygens (including phenoxy) is 2. The monoisotopic (exact) mass is 556 g/mol. The zero-order valence-electron chi connectivity index (χ0n) is 24.8. The van der Waals surface area contributed by atoms with Gasteiger partial charge < -0.3 is 9.47 Å². The molecule has 0 amide bonds. The van der Waals surface area contributed by atoms with E-state index in [0.717, 1.165) is 16.9 Å². The lowest BCUT2D eigenvalue weighted by molar-refractivity contribution is 0.131. The molecule has 0 fully saturated rings. The van der Waals surface area contributed by atoms with Gasteiger partial charge in [-0.3, -0.25) is 0 Å². The predicted octanol–water partition coefficient (Wildman–Crippen LogP) is 9.11. The molecule has 0 aliphatic rings. The lowest BCUT2D eigenvalue weighted by atomic mass is 9.78. The van der Waals surface area contributed by atoms with Crippen LogP contribution >= 0.6 is 0 Å². The fraction of sp³-hybridized carbons (Fsp3) is 0.314. The molecule has 4 aromatic carbocycles. The summed E-state index contributed by atoms with van der Waals surface area (Å²) in [4.78, 5) is 0.517. The topological polar surface area (TPSA) is 52.6 Å². The van der Waals surface area contributed by atoms with Gasteiger partial charge in [0, 0.05) is 5.41 Å². The van der Waals surface area contributed by atoms with E-state index in [1.165, 1.54) is 5.56 Å². The summed E-state index contributed by atoms with van der Waals surface area (Å²) in [6.45, 7) is 16.8. The molecule has 4 rings (SSSR count). The van der Waals surface area contributed by atoms with Crippen LogP contribution in [0, 0.1) is 0 Å². The van der Waals surface area contributed by atoms with Crippen LogP contribution in [0.2, 0.25) is 0 Å². The highest BCUT2D eigenvalue weighted by Gasteiger charge is 2.24. The van der Waals surface area contributed by atoms with Crippen LogP contribution < -0.4 is 9.47 Å². The summed E-state index contributed by atoms with van der Waals surface area (Å²) in [5.74, 6) is 2.11. The third-order valence-electron chi connectivity index (χ3n) is 6.98. The van der Waals surface area contributed by atoms with Gasteiger partial charge in [-0.15, -0.1) is 0 Å². The van der Waals surface area contributed by atoms with E-state index >= 15 is 0 Å². The molecule has 0 heterocycles. The fourth-order valence-electron chi connectivity index (χ4n) is 4.49. The summed E-state index contributed by atoms with van der Waals surface area (Å²) in [5, 5.41) is 0. The Bertz CT molecular complexity index is 1530. The average molecular weight is 557 g/mol. The molecular weight excluding hydrogens is 516 g/mol. The van der Waals surface area contributed by atoms with E-state index in [1.807, 2.05) is 57.2 Å². The molecule has 5 heteroatoms. The van der Waals surface area contributed by atoms with Crippen molar-refractivity contribution in [3.8, 4) is 17.2 Å². The molecule has 4 aromatic rings. The smallest absolute Gasteiger partial charge is 0.206 e. The van der Waals surface area contributed by atoms with Gasteiger partial charge in [0.1, 0.15) is 22.8 Å². The van der Waals surface area contributed by atoms with Crippen LogP contribution in [0.3, 0.4) is 0 Å². The SMILES string of the molecule is CC(C)(C)Oc1ccc(C(C)(C)c2ccc(Oc3ccc(S(=O)(=O)c4ccc(C(C)(C)C)cc4)cc3)cc2)cc1. The van der Waals surface area contributed by atoms with Gasteiger partial charge in [-0.05, 0) is 104 Å². The minimum absolute atomic E-state index is 0.0395. The summed E-state index contributed by atoms with van der Waals surface area (Å²) in [6, 6.07) is 29.9. The van der Waals surface area contributed by atoms with Crippen LogP contribution in [-0.4, -0.2) is 14.0 Å². The first-order valence-corrected chi connectivity index (χ1v) is 15.1. The second-order valence-electron chi connectivity index (χ2n) is 12.7. The largest absolute Gasteiger partial charge is 0.488 e. The Labute approximate surface area is 239 Å². The molecule has 40 heavy (non-hydrogen) atoms. The third-order valence-corrected chi connectivity index (χ3v) is 8.76. The van der Waals surface area contributed by atoms with E-state index in [0.29, 0.717) is 11.5 Å². The Morgan fingerprint density at radius 3 is 1.23 bits per heavy atom. The molecule has 0 bridgehead atoms. The van der Waals surface area contributed by atoms with Gasteiger partial charge >= 0.3 is 0 Å². The maximum absolute atomic E-state index is 13.1. The zero-order chi connectivity index (χ0) is 29.3. The molecule has 0 aliphatic carbocycles. The first-order chi connectivity index (χ1) is 18.6. The van der Waals surface area contributed by atoms with Gasteiger partial charge in [-0.2, -0.15) is 0 Å². The van der Waals surface area contributed by atoms with E-state index < -0.39 is 9.84 Å². The standard InChI is InChI=1S/C35H40O4S/c1-33(2,3)25-13-21-31(22-14-25)40(36,37)32-23-19-29(20-24-32)38-28-15-9-26(10-16-28)35(7,8)27-11-17-30(18-12-27)39-34(4,5)6/h9-24H,1-8H3. The normalized spacial score (nSPS) is 12.7. The lowest BCUT2D eigenvalue weighted by Gasteiger charge is -2.27. The Kier molecular flexibility index (Phi) is 7.92. The molecule has 0 saturated heterocycles. The van der Waals surface area contributed by atoms with Gasteiger partial charge in [0.05, 0.1) is 9.79 Å². The van der Waals surface area contributed by atoms with Crippen molar-refractivity contribution in [2.75, 3.05) is 0 Å². The van der Waals surface area contributed by atoms with Crippen LogP contribution in [0.25, 0.3) is 0 Å². The average Bonchev–Trinajstić information content (AvgIpc) is 2.88. The Morgan fingerprint density at radius 2 is 0.825 bits per heavy atom. The molecule has 0 radical (unpaired) electrons. The summed E-state index contributed by atoms with van der Waals surface area (Å²) >= 11 is 0. The number of rotatable bonds is 7. The minimum atomic E-state index is -3.61. The van der Waals surface area contributed by atoms with Crippen LogP contribution in [0.1, 0.15) is 72.1 Å². The molecule has 4 nitrogen and oxygen atoms in total. The molecule has 0 unspecified atom stereocenters. The van der Waals surface area contributed by atoms with Crippen molar-refractivity contribution in [2.24, 2.45) is 0 Å². The lowest BCUT2D eigenvalue weighted by Crippen LogP contribution is -2.23. The van der Waals surface area contributed by atoms with Crippen LogP contribution in [0.5, 0.6) is 17.2 Å². The Morgan fingerprint density at radius 1 is 0.475 bits per heavy atom. The number of hydrogen-bond donors (Lipinski definition) is 0. The molecular formula is C35H40O4S. The molecule has 0 saturated carbocycles. The van der Waals surface area contributed by atoms with E-state index in [2.05, 4.69) is 58.9 Å². The van der Waals surface area contributed by atoms with Crippen molar-refractivity contribution in [2.45, 2.75) is 81.6 Å². The first-order valence-electron chi connectivity index (χ1n) is 13.6. The van der Waals surface area contributed by atoms with Crippen molar-refractivity contribution < 1.29 is 17.9 Å². The second-order valence-corrected chi connectivity index (χ2v) is 14.7. The highest BCUT2D eigenvalue weighted by molar-refractivity contribution is 7.91. The van der Waals surface area contributed by atoms with Crippen molar-refractivity contribution in [1.29, 1.82) is 0 Å². The number of sulfone groups is 1. The Hall–Kier alpha value is -3.57. The van der Waals surface area contributed by atoms with Crippen LogP contribution in [0.4, 0.5) is 0 Å². The molecule has 0 aliphatic heterocycles. The second kappa shape index (κ2) is 10.8. The van der Waals surface area contributed by atoms with Crippen molar-refractivity contribution >= 4 is 9.84 Å². The maximum Gasteiger partial charge on any atom is 0.206 e. The number of hydrogen-bond acceptors (Lipinski definition) is 4. The fourth-order valence-corrected chi connectivity index (χ4v) is 5.75.